The number of aliphatic hydroxyl groups excluding tert-OH is 2. The molecule has 1 amide bonds. The van der Waals surface area contributed by atoms with Crippen LogP contribution in [0, 0.1) is 5.92 Å². The van der Waals surface area contributed by atoms with Gasteiger partial charge in [0, 0.05) is 6.20 Å². The van der Waals surface area contributed by atoms with E-state index in [9.17, 15) is 34.5 Å². The summed E-state index contributed by atoms with van der Waals surface area (Å²) >= 11 is 1.02. The van der Waals surface area contributed by atoms with Crippen LogP contribution in [-0.2, 0) is 19.1 Å². The van der Waals surface area contributed by atoms with Crippen molar-refractivity contribution in [2.24, 2.45) is 5.92 Å². The first-order chi connectivity index (χ1) is 19.0. The van der Waals surface area contributed by atoms with Crippen molar-refractivity contribution >= 4 is 45.6 Å². The minimum absolute atomic E-state index is 0.00495. The van der Waals surface area contributed by atoms with Crippen molar-refractivity contribution in [2.45, 2.75) is 83.1 Å². The van der Waals surface area contributed by atoms with Gasteiger partial charge in [-0.15, -0.1) is 11.3 Å². The number of thiazole rings is 1. The van der Waals surface area contributed by atoms with Crippen molar-refractivity contribution in [1.82, 2.24) is 9.38 Å². The Kier molecular flexibility index (Phi) is 7.36. The van der Waals surface area contributed by atoms with E-state index in [1.807, 2.05) is 0 Å². The molecule has 5 rings (SSSR count). The van der Waals surface area contributed by atoms with Crippen molar-refractivity contribution in [3.05, 3.63) is 28.8 Å². The molecule has 1 saturated heterocycles. The first-order valence-corrected chi connectivity index (χ1v) is 14.4. The summed E-state index contributed by atoms with van der Waals surface area (Å²) < 4.78 is 12.6. The van der Waals surface area contributed by atoms with Crippen LogP contribution in [-0.4, -0.2) is 84.9 Å². The lowest BCUT2D eigenvalue weighted by Crippen LogP contribution is -2.79. The third-order valence-corrected chi connectivity index (χ3v) is 9.58. The van der Waals surface area contributed by atoms with E-state index in [0.29, 0.717) is 29.0 Å². The Hall–Kier alpha value is -3.13. The summed E-state index contributed by atoms with van der Waals surface area (Å²) in [5, 5.41) is 32.9. The van der Waals surface area contributed by atoms with Crippen LogP contribution in [0.15, 0.2) is 18.2 Å². The average molecular weight is 576 g/mol. The number of carbonyl (C=O) groups excluding carboxylic acids is 4. The monoisotopic (exact) mass is 575 g/mol. The maximum absolute atomic E-state index is 13.7. The molecular formula is C27H33N3O9S. The van der Waals surface area contributed by atoms with E-state index in [4.69, 9.17) is 9.47 Å². The summed E-state index contributed by atoms with van der Waals surface area (Å²) in [6.07, 6.45) is 5.14. The van der Waals surface area contributed by atoms with Gasteiger partial charge < -0.3 is 29.6 Å². The zero-order valence-electron chi connectivity index (χ0n) is 22.6. The predicted octanol–water partition coefficient (Wildman–Crippen LogP) is 1.42. The molecule has 2 N–H and O–H groups in total. The van der Waals surface area contributed by atoms with Gasteiger partial charge in [-0.25, -0.2) is 19.1 Å². The molecule has 0 aromatic carbocycles. The smallest absolute Gasteiger partial charge is 0.509 e. The van der Waals surface area contributed by atoms with Crippen LogP contribution in [0.2, 0.25) is 0 Å². The molecule has 5 atom stereocenters. The van der Waals surface area contributed by atoms with Crippen LogP contribution in [0.3, 0.4) is 0 Å². The number of aliphatic carboxylic acids is 1. The Bertz CT molecular complexity index is 1410. The minimum Gasteiger partial charge on any atom is -0.540 e. The zero-order valence-corrected chi connectivity index (χ0v) is 23.4. The van der Waals surface area contributed by atoms with Gasteiger partial charge in [-0.2, -0.15) is 0 Å². The van der Waals surface area contributed by atoms with E-state index in [-0.39, 0.29) is 29.6 Å². The molecule has 1 saturated carbocycles. The Balaban J connectivity index is 1.69. The van der Waals surface area contributed by atoms with Gasteiger partial charge in [0.15, 0.2) is 23.3 Å². The molecule has 2 aliphatic heterocycles. The Morgan fingerprint density at radius 2 is 2.00 bits per heavy atom. The molecule has 2 fully saturated rings. The molecule has 0 radical (unpaired) electrons. The molecule has 1 unspecified atom stereocenters. The Morgan fingerprint density at radius 1 is 1.30 bits per heavy atom. The number of β-lactam (4-membered cyclic amide) rings is 1. The van der Waals surface area contributed by atoms with Gasteiger partial charge in [0.1, 0.15) is 35.5 Å². The summed E-state index contributed by atoms with van der Waals surface area (Å²) in [6.45, 7) is 4.14. The Morgan fingerprint density at radius 3 is 2.60 bits per heavy atom. The largest absolute Gasteiger partial charge is 0.540 e. The van der Waals surface area contributed by atoms with Crippen LogP contribution < -0.4 is 5.11 Å². The van der Waals surface area contributed by atoms with E-state index in [1.165, 1.54) is 17.7 Å². The van der Waals surface area contributed by atoms with Crippen LogP contribution in [0.5, 0.6) is 0 Å². The molecule has 3 aliphatic rings. The minimum atomic E-state index is -1.71. The number of carbonyl (C=O) groups is 4. The number of aliphatic hydroxyl groups is 2. The molecule has 13 heteroatoms. The number of rotatable bonds is 9. The number of fused-ring (bicyclic) bond motifs is 2. The fraction of sp³-hybridized carbons (Fsp3) is 0.593. The van der Waals surface area contributed by atoms with Crippen LogP contribution in [0.1, 0.15) is 74.7 Å². The lowest BCUT2D eigenvalue weighted by Gasteiger charge is -2.54. The number of ketones is 1. The summed E-state index contributed by atoms with van der Waals surface area (Å²) in [6, 6.07) is -0.945. The summed E-state index contributed by atoms with van der Waals surface area (Å²) in [5.74, 6) is -3.71. The fourth-order valence-electron chi connectivity index (χ4n) is 6.94. The molecule has 2 aromatic rings. The molecule has 216 valence electrons. The zero-order chi connectivity index (χ0) is 29.0. The fourth-order valence-corrected chi connectivity index (χ4v) is 8.19. The number of amides is 1. The highest BCUT2D eigenvalue weighted by Gasteiger charge is 2.79. The van der Waals surface area contributed by atoms with Gasteiger partial charge in [0.25, 0.3) is 0 Å². The third kappa shape index (κ3) is 4.09. The second kappa shape index (κ2) is 10.4. The standard InChI is InChI=1S/C27H33N3O9S/c1-4-10-30-21(25(35)36)19(17-11-29-13-28-20(16(33)12-31)23(29)40-17)27(3,22(30)18(14(2)32)24(30)34)39-26(37)38-15-8-6-5-7-9-15/h11,13-15,18,22,31-32H,4-10,12H2,1-3H3/t14-,18-,22-,27+,30?/m1/s1. The molecule has 40 heavy (non-hydrogen) atoms. The number of imidazole rings is 1. The second-order valence-electron chi connectivity index (χ2n) is 11.0. The van der Waals surface area contributed by atoms with Gasteiger partial charge in [0.05, 0.1) is 23.1 Å². The van der Waals surface area contributed by atoms with E-state index >= 15 is 0 Å². The van der Waals surface area contributed by atoms with E-state index < -0.39 is 58.6 Å². The molecule has 0 bridgehead atoms. The maximum atomic E-state index is 13.7. The number of nitrogens with zero attached hydrogens (tertiary/aromatic N) is 3. The summed E-state index contributed by atoms with van der Waals surface area (Å²) in [4.78, 5) is 56.8. The van der Waals surface area contributed by atoms with Crippen molar-refractivity contribution < 1.29 is 48.5 Å². The number of carboxylic acid groups (broad SMARTS) is 1. The second-order valence-corrected chi connectivity index (χ2v) is 12.0. The summed E-state index contributed by atoms with van der Waals surface area (Å²) in [5.41, 5.74) is -1.98. The van der Waals surface area contributed by atoms with Gasteiger partial charge >= 0.3 is 12.1 Å². The third-order valence-electron chi connectivity index (χ3n) is 8.46. The highest BCUT2D eigenvalue weighted by molar-refractivity contribution is 7.18. The number of carboxylic acids is 1. The first-order valence-electron chi connectivity index (χ1n) is 13.6. The van der Waals surface area contributed by atoms with Gasteiger partial charge in [-0.05, 0) is 46.0 Å². The van der Waals surface area contributed by atoms with Crippen molar-refractivity contribution in [3.63, 3.8) is 0 Å². The van der Waals surface area contributed by atoms with E-state index in [2.05, 4.69) is 4.98 Å². The van der Waals surface area contributed by atoms with Crippen LogP contribution in [0.4, 0.5) is 4.79 Å². The highest BCUT2D eigenvalue weighted by atomic mass is 32.1. The van der Waals surface area contributed by atoms with Crippen molar-refractivity contribution in [1.29, 1.82) is 0 Å². The van der Waals surface area contributed by atoms with E-state index in [0.717, 1.165) is 30.6 Å². The number of ether oxygens (including phenoxy) is 2. The number of Topliss-reactive ketones (excluding diaryl/α,β-unsaturated/α-hetero) is 1. The Labute approximate surface area is 234 Å². The van der Waals surface area contributed by atoms with Crippen LogP contribution >= 0.6 is 11.3 Å². The number of aromatic nitrogens is 2. The molecule has 12 nitrogen and oxygen atoms in total. The predicted molar refractivity (Wildman–Crippen MR) is 139 cm³/mol. The van der Waals surface area contributed by atoms with Gasteiger partial charge in [-0.1, -0.05) is 13.3 Å². The quantitative estimate of drug-likeness (QED) is 0.193. The first kappa shape index (κ1) is 28.4. The average Bonchev–Trinajstić information content (AvgIpc) is 3.53. The van der Waals surface area contributed by atoms with Crippen molar-refractivity contribution in [3.8, 4) is 0 Å². The van der Waals surface area contributed by atoms with Gasteiger partial charge in [-0.3, -0.25) is 9.20 Å². The topological polar surface area (TPSA) is 168 Å². The van der Waals surface area contributed by atoms with E-state index in [1.54, 1.807) is 20.0 Å². The lowest BCUT2D eigenvalue weighted by atomic mass is 9.72. The normalized spacial score (nSPS) is 29.3. The molecular weight excluding hydrogens is 542 g/mol. The number of hydrogen-bond acceptors (Lipinski definition) is 11. The molecule has 1 aliphatic carbocycles. The SMILES string of the molecule is CCC[N+]12C(=O)[C@H]([C@@H](C)O)[C@@H]1[C@@](C)(OC(=O)OC1CCCCC1)C(c1cn3cnc(C(=O)CO)c3s1)=C2C(=O)[O-]. The number of hydrogen-bond donors (Lipinski definition) is 2. The molecule has 0 spiro atoms. The van der Waals surface area contributed by atoms with Gasteiger partial charge in [0.2, 0.25) is 5.78 Å². The highest BCUT2D eigenvalue weighted by Crippen LogP contribution is 2.60. The molecule has 2 aromatic heterocycles. The number of quaternary nitrogens is 1. The lowest BCUT2D eigenvalue weighted by molar-refractivity contribution is -0.878. The van der Waals surface area contributed by atoms with Crippen LogP contribution in [0.25, 0.3) is 10.4 Å². The van der Waals surface area contributed by atoms with Crippen molar-refractivity contribution in [2.75, 3.05) is 13.2 Å². The maximum Gasteiger partial charge on any atom is 0.509 e. The molecule has 4 heterocycles. The summed E-state index contributed by atoms with van der Waals surface area (Å²) in [7, 11) is 0.